The van der Waals surface area contributed by atoms with Crippen molar-refractivity contribution in [2.75, 3.05) is 26.3 Å². The summed E-state index contributed by atoms with van der Waals surface area (Å²) in [6.07, 6.45) is 42.9. The highest BCUT2D eigenvalue weighted by Crippen LogP contribution is 2.17. The molecule has 1 unspecified atom stereocenters. The van der Waals surface area contributed by atoms with Crippen LogP contribution in [0.15, 0.2) is 0 Å². The standard InChI is InChI=1S/C38H79NO2/c1-3-5-7-9-11-13-15-16-17-18-19-20-21-22-23-24-25-27-29-31-33-38(37-41)39(35-36-40)34-32-30-28-26-14-12-10-8-6-4-2/h38,40-41H,3-37H2,1-2H3. The van der Waals surface area contributed by atoms with Crippen molar-refractivity contribution in [3.8, 4) is 0 Å². The van der Waals surface area contributed by atoms with E-state index in [1.165, 1.54) is 193 Å². The Morgan fingerprint density at radius 1 is 0.366 bits per heavy atom. The lowest BCUT2D eigenvalue weighted by molar-refractivity contribution is 0.0926. The summed E-state index contributed by atoms with van der Waals surface area (Å²) in [6, 6.07) is 0.233. The molecule has 0 bridgehead atoms. The molecule has 3 heteroatoms. The minimum Gasteiger partial charge on any atom is -0.395 e. The first-order valence-corrected chi connectivity index (χ1v) is 19.3. The largest absolute Gasteiger partial charge is 0.395 e. The molecule has 0 fully saturated rings. The first kappa shape index (κ1) is 40.9. The maximum Gasteiger partial charge on any atom is 0.0586 e. The lowest BCUT2D eigenvalue weighted by Gasteiger charge is -2.30. The van der Waals surface area contributed by atoms with Gasteiger partial charge in [0, 0.05) is 12.6 Å². The highest BCUT2D eigenvalue weighted by atomic mass is 16.3. The molecule has 0 saturated carbocycles. The van der Waals surface area contributed by atoms with E-state index in [1.54, 1.807) is 0 Å². The summed E-state index contributed by atoms with van der Waals surface area (Å²) >= 11 is 0. The molecular formula is C38H79NO2. The van der Waals surface area contributed by atoms with Crippen LogP contribution in [-0.4, -0.2) is 47.5 Å². The highest BCUT2D eigenvalue weighted by molar-refractivity contribution is 4.71. The molecule has 0 saturated heterocycles. The second kappa shape index (κ2) is 36.1. The third-order valence-electron chi connectivity index (χ3n) is 9.30. The summed E-state index contributed by atoms with van der Waals surface area (Å²) < 4.78 is 0. The Balaban J connectivity index is 3.55. The number of nitrogens with zero attached hydrogens (tertiary/aromatic N) is 1. The van der Waals surface area contributed by atoms with Gasteiger partial charge in [-0.15, -0.1) is 0 Å². The Labute approximate surface area is 260 Å². The molecule has 0 heterocycles. The van der Waals surface area contributed by atoms with Gasteiger partial charge in [-0.3, -0.25) is 4.90 Å². The molecule has 41 heavy (non-hydrogen) atoms. The zero-order chi connectivity index (χ0) is 29.9. The van der Waals surface area contributed by atoms with Crippen LogP contribution in [-0.2, 0) is 0 Å². The molecule has 0 rings (SSSR count). The predicted octanol–water partition coefficient (Wildman–Crippen LogP) is 11.8. The van der Waals surface area contributed by atoms with Gasteiger partial charge in [0.25, 0.3) is 0 Å². The molecule has 0 aromatic carbocycles. The molecule has 0 spiro atoms. The Kier molecular flexibility index (Phi) is 36.0. The smallest absolute Gasteiger partial charge is 0.0586 e. The number of rotatable bonds is 36. The summed E-state index contributed by atoms with van der Waals surface area (Å²) in [5.41, 5.74) is 0. The minimum absolute atomic E-state index is 0.202. The van der Waals surface area contributed by atoms with E-state index in [1.807, 2.05) is 0 Å². The van der Waals surface area contributed by atoms with Crippen molar-refractivity contribution < 1.29 is 10.2 Å². The van der Waals surface area contributed by atoms with Gasteiger partial charge in [-0.05, 0) is 19.4 Å². The molecule has 3 nitrogen and oxygen atoms in total. The van der Waals surface area contributed by atoms with Crippen LogP contribution in [0, 0.1) is 0 Å². The van der Waals surface area contributed by atoms with Crippen LogP contribution in [0.25, 0.3) is 0 Å². The van der Waals surface area contributed by atoms with Gasteiger partial charge in [0.15, 0.2) is 0 Å². The molecule has 2 N–H and O–H groups in total. The second-order valence-electron chi connectivity index (χ2n) is 13.3. The average Bonchev–Trinajstić information content (AvgIpc) is 2.98. The molecular weight excluding hydrogens is 502 g/mol. The Hall–Kier alpha value is -0.120. The summed E-state index contributed by atoms with van der Waals surface area (Å²) in [5, 5.41) is 19.6. The predicted molar refractivity (Wildman–Crippen MR) is 184 cm³/mol. The van der Waals surface area contributed by atoms with E-state index in [0.717, 1.165) is 13.0 Å². The fourth-order valence-electron chi connectivity index (χ4n) is 6.43. The Bertz CT molecular complexity index is 458. The van der Waals surface area contributed by atoms with Crippen molar-refractivity contribution in [1.82, 2.24) is 4.90 Å². The van der Waals surface area contributed by atoms with Crippen LogP contribution in [0.2, 0.25) is 0 Å². The van der Waals surface area contributed by atoms with Gasteiger partial charge in [-0.1, -0.05) is 200 Å². The van der Waals surface area contributed by atoms with E-state index in [2.05, 4.69) is 18.7 Å². The van der Waals surface area contributed by atoms with Gasteiger partial charge in [-0.2, -0.15) is 0 Å². The van der Waals surface area contributed by atoms with E-state index >= 15 is 0 Å². The third kappa shape index (κ3) is 31.1. The van der Waals surface area contributed by atoms with E-state index in [4.69, 9.17) is 0 Å². The van der Waals surface area contributed by atoms with Crippen LogP contribution >= 0.6 is 0 Å². The van der Waals surface area contributed by atoms with Gasteiger partial charge < -0.3 is 10.2 Å². The van der Waals surface area contributed by atoms with Gasteiger partial charge >= 0.3 is 0 Å². The fraction of sp³-hybridized carbons (Fsp3) is 1.00. The Morgan fingerprint density at radius 2 is 0.659 bits per heavy atom. The van der Waals surface area contributed by atoms with Crippen LogP contribution in [0.5, 0.6) is 0 Å². The summed E-state index contributed by atoms with van der Waals surface area (Å²) in [7, 11) is 0. The van der Waals surface area contributed by atoms with Crippen molar-refractivity contribution in [2.24, 2.45) is 0 Å². The lowest BCUT2D eigenvalue weighted by Crippen LogP contribution is -2.40. The average molecular weight is 582 g/mol. The topological polar surface area (TPSA) is 43.7 Å². The number of hydrogen-bond acceptors (Lipinski definition) is 3. The maximum atomic E-state index is 10.0. The van der Waals surface area contributed by atoms with Crippen molar-refractivity contribution >= 4 is 0 Å². The molecule has 0 aliphatic heterocycles. The molecule has 0 aromatic rings. The van der Waals surface area contributed by atoms with Crippen molar-refractivity contribution in [2.45, 2.75) is 219 Å². The van der Waals surface area contributed by atoms with Gasteiger partial charge in [-0.25, -0.2) is 0 Å². The van der Waals surface area contributed by atoms with Crippen LogP contribution < -0.4 is 0 Å². The molecule has 0 aromatic heterocycles. The zero-order valence-electron chi connectivity index (χ0n) is 28.7. The normalized spacial score (nSPS) is 12.5. The second-order valence-corrected chi connectivity index (χ2v) is 13.3. The van der Waals surface area contributed by atoms with Crippen LogP contribution in [0.3, 0.4) is 0 Å². The number of aliphatic hydroxyl groups excluding tert-OH is 2. The fourth-order valence-corrected chi connectivity index (χ4v) is 6.43. The summed E-state index contributed by atoms with van der Waals surface area (Å²) in [5.74, 6) is 0. The van der Waals surface area contributed by atoms with Crippen molar-refractivity contribution in [1.29, 1.82) is 0 Å². The van der Waals surface area contributed by atoms with Gasteiger partial charge in [0.05, 0.1) is 13.2 Å². The van der Waals surface area contributed by atoms with Crippen molar-refractivity contribution in [3.05, 3.63) is 0 Å². The first-order valence-electron chi connectivity index (χ1n) is 19.3. The van der Waals surface area contributed by atoms with E-state index < -0.39 is 0 Å². The van der Waals surface area contributed by atoms with Crippen molar-refractivity contribution in [3.63, 3.8) is 0 Å². The molecule has 0 aliphatic carbocycles. The molecule has 0 aliphatic rings. The Morgan fingerprint density at radius 3 is 0.951 bits per heavy atom. The number of unbranched alkanes of at least 4 members (excludes halogenated alkanes) is 28. The maximum absolute atomic E-state index is 10.0. The van der Waals surface area contributed by atoms with E-state index in [-0.39, 0.29) is 19.3 Å². The summed E-state index contributed by atoms with van der Waals surface area (Å²) in [4.78, 5) is 2.36. The molecule has 0 radical (unpaired) electrons. The van der Waals surface area contributed by atoms with Crippen LogP contribution in [0.4, 0.5) is 0 Å². The zero-order valence-corrected chi connectivity index (χ0v) is 28.7. The summed E-state index contributed by atoms with van der Waals surface area (Å²) in [6.45, 7) is 6.75. The first-order chi connectivity index (χ1) is 20.3. The SMILES string of the molecule is CCCCCCCCCCCCCCCCCCCCCCC(CO)N(CCO)CCCCCCCCCCCC. The van der Waals surface area contributed by atoms with E-state index in [0.29, 0.717) is 6.54 Å². The number of hydrogen-bond donors (Lipinski definition) is 2. The monoisotopic (exact) mass is 582 g/mol. The van der Waals surface area contributed by atoms with E-state index in [9.17, 15) is 10.2 Å². The third-order valence-corrected chi connectivity index (χ3v) is 9.30. The quantitative estimate of drug-likeness (QED) is 0.0723. The highest BCUT2D eigenvalue weighted by Gasteiger charge is 2.16. The lowest BCUT2D eigenvalue weighted by atomic mass is 10.0. The molecule has 1 atom stereocenters. The van der Waals surface area contributed by atoms with Crippen LogP contribution in [0.1, 0.15) is 213 Å². The van der Waals surface area contributed by atoms with Gasteiger partial charge in [0.2, 0.25) is 0 Å². The minimum atomic E-state index is 0.202. The van der Waals surface area contributed by atoms with Gasteiger partial charge in [0.1, 0.15) is 0 Å². The number of aliphatic hydroxyl groups is 2. The molecule has 0 amide bonds. The molecule has 248 valence electrons.